The van der Waals surface area contributed by atoms with Crippen molar-refractivity contribution in [1.82, 2.24) is 34.4 Å². The van der Waals surface area contributed by atoms with Crippen LogP contribution in [0.1, 0.15) is 17.9 Å². The molecule has 0 aromatic carbocycles. The third-order valence-corrected chi connectivity index (χ3v) is 4.12. The van der Waals surface area contributed by atoms with Gasteiger partial charge in [0.05, 0.1) is 18.4 Å². The van der Waals surface area contributed by atoms with Crippen LogP contribution in [0, 0.1) is 0 Å². The molecule has 4 heterocycles. The number of carbonyl (C=O) groups excluding carboxylic acids is 1. The highest BCUT2D eigenvalue weighted by Crippen LogP contribution is 2.06. The van der Waals surface area contributed by atoms with Crippen molar-refractivity contribution in [2.45, 2.75) is 19.4 Å². The number of rotatable bonds is 5. The van der Waals surface area contributed by atoms with Crippen LogP contribution in [0.15, 0.2) is 41.6 Å². The maximum atomic E-state index is 12.1. The summed E-state index contributed by atoms with van der Waals surface area (Å²) in [5.41, 5.74) is 1.88. The first kappa shape index (κ1) is 16.0. The average molecular weight is 351 g/mol. The Morgan fingerprint density at radius 2 is 2.19 bits per heavy atom. The van der Waals surface area contributed by atoms with E-state index in [0.717, 1.165) is 11.3 Å². The smallest absolute Gasteiger partial charge is 0.262 e. The van der Waals surface area contributed by atoms with Crippen LogP contribution >= 0.6 is 0 Å². The van der Waals surface area contributed by atoms with Crippen LogP contribution in [0.5, 0.6) is 0 Å². The summed E-state index contributed by atoms with van der Waals surface area (Å²) < 4.78 is 3.44. The minimum absolute atomic E-state index is 0.130. The van der Waals surface area contributed by atoms with Crippen molar-refractivity contribution in [3.63, 3.8) is 0 Å². The molecular weight excluding hydrogens is 334 g/mol. The van der Waals surface area contributed by atoms with E-state index in [-0.39, 0.29) is 17.9 Å². The highest BCUT2D eigenvalue weighted by atomic mass is 16.1. The van der Waals surface area contributed by atoms with E-state index in [0.29, 0.717) is 29.8 Å². The number of aromatic nitrogens is 6. The van der Waals surface area contributed by atoms with Crippen molar-refractivity contribution in [2.24, 2.45) is 7.05 Å². The van der Waals surface area contributed by atoms with E-state index in [1.54, 1.807) is 7.05 Å². The highest BCUT2D eigenvalue weighted by Gasteiger charge is 2.10. The molecule has 2 N–H and O–H groups in total. The van der Waals surface area contributed by atoms with Gasteiger partial charge in [0.1, 0.15) is 16.9 Å². The predicted octanol–water partition coefficient (Wildman–Crippen LogP) is 0.553. The number of pyridine rings is 1. The summed E-state index contributed by atoms with van der Waals surface area (Å²) in [7, 11) is 1.72. The molecule has 1 amide bonds. The SMILES string of the molecule is Cn1ncc2c(=O)[nH]c(CCC(=O)NCc3cn4ccccc4n3)nc21. The molecule has 0 radical (unpaired) electrons. The van der Waals surface area contributed by atoms with Gasteiger partial charge in [0.25, 0.3) is 5.56 Å². The van der Waals surface area contributed by atoms with Gasteiger partial charge in [0, 0.05) is 32.3 Å². The maximum Gasteiger partial charge on any atom is 0.262 e. The topological polar surface area (TPSA) is 110 Å². The lowest BCUT2D eigenvalue weighted by molar-refractivity contribution is -0.121. The van der Waals surface area contributed by atoms with Crippen LogP contribution in [-0.2, 0) is 24.8 Å². The van der Waals surface area contributed by atoms with Crippen molar-refractivity contribution >= 4 is 22.6 Å². The van der Waals surface area contributed by atoms with Gasteiger partial charge in [-0.25, -0.2) is 9.97 Å². The molecular formula is C17H17N7O2. The van der Waals surface area contributed by atoms with Gasteiger partial charge >= 0.3 is 0 Å². The van der Waals surface area contributed by atoms with Crippen molar-refractivity contribution in [3.05, 3.63) is 58.7 Å². The fourth-order valence-corrected chi connectivity index (χ4v) is 2.78. The number of aromatic amines is 1. The zero-order valence-corrected chi connectivity index (χ0v) is 14.1. The van der Waals surface area contributed by atoms with Crippen LogP contribution in [-0.4, -0.2) is 35.0 Å². The molecule has 0 bridgehead atoms. The van der Waals surface area contributed by atoms with E-state index in [1.807, 2.05) is 35.0 Å². The zero-order chi connectivity index (χ0) is 18.1. The molecule has 0 fully saturated rings. The van der Waals surface area contributed by atoms with Gasteiger partial charge in [-0.05, 0) is 12.1 Å². The Bertz CT molecular complexity index is 1120. The Kier molecular flexibility index (Phi) is 3.96. The number of H-pyrrole nitrogens is 1. The van der Waals surface area contributed by atoms with Gasteiger partial charge < -0.3 is 14.7 Å². The maximum absolute atomic E-state index is 12.1. The molecule has 4 aromatic heterocycles. The van der Waals surface area contributed by atoms with Gasteiger partial charge in [0.2, 0.25) is 5.91 Å². The van der Waals surface area contributed by atoms with Crippen LogP contribution in [0.25, 0.3) is 16.7 Å². The normalized spacial score (nSPS) is 11.3. The number of nitrogens with one attached hydrogen (secondary N) is 2. The van der Waals surface area contributed by atoms with Gasteiger partial charge in [-0.3, -0.25) is 14.3 Å². The van der Waals surface area contributed by atoms with E-state index in [4.69, 9.17) is 0 Å². The summed E-state index contributed by atoms with van der Waals surface area (Å²) in [6.45, 7) is 0.352. The summed E-state index contributed by atoms with van der Waals surface area (Å²) >= 11 is 0. The number of hydrogen-bond donors (Lipinski definition) is 2. The van der Waals surface area contributed by atoms with E-state index in [1.165, 1.54) is 10.9 Å². The lowest BCUT2D eigenvalue weighted by atomic mass is 10.2. The monoisotopic (exact) mass is 351 g/mol. The molecule has 0 saturated carbocycles. The minimum Gasteiger partial charge on any atom is -0.350 e. The standard InChI is InChI=1S/C17H17N7O2/c1-23-16-12(9-19-23)17(26)22-13(21-16)5-6-15(25)18-8-11-10-24-7-3-2-4-14(24)20-11/h2-4,7,9-10H,5-6,8H2,1H3,(H,18,25)(H,21,22,26). The number of carbonyl (C=O) groups is 1. The molecule has 4 rings (SSSR count). The summed E-state index contributed by atoms with van der Waals surface area (Å²) in [6.07, 6.45) is 5.83. The third-order valence-electron chi connectivity index (χ3n) is 4.12. The second kappa shape index (κ2) is 6.43. The molecule has 0 aliphatic carbocycles. The summed E-state index contributed by atoms with van der Waals surface area (Å²) in [4.78, 5) is 35.6. The quantitative estimate of drug-likeness (QED) is 0.546. The summed E-state index contributed by atoms with van der Waals surface area (Å²) in [5, 5.41) is 7.29. The Morgan fingerprint density at radius 1 is 1.31 bits per heavy atom. The van der Waals surface area contributed by atoms with Crippen molar-refractivity contribution < 1.29 is 4.79 Å². The van der Waals surface area contributed by atoms with E-state index in [2.05, 4.69) is 25.4 Å². The molecule has 26 heavy (non-hydrogen) atoms. The second-order valence-corrected chi connectivity index (χ2v) is 5.99. The first-order valence-electron chi connectivity index (χ1n) is 8.20. The molecule has 0 aliphatic heterocycles. The zero-order valence-electron chi connectivity index (χ0n) is 14.1. The first-order chi connectivity index (χ1) is 12.6. The van der Waals surface area contributed by atoms with Gasteiger partial charge in [-0.1, -0.05) is 6.07 Å². The van der Waals surface area contributed by atoms with Gasteiger partial charge in [-0.15, -0.1) is 0 Å². The molecule has 0 atom stereocenters. The lowest BCUT2D eigenvalue weighted by Crippen LogP contribution is -2.24. The summed E-state index contributed by atoms with van der Waals surface area (Å²) in [5.74, 6) is 0.337. The number of nitrogens with zero attached hydrogens (tertiary/aromatic N) is 5. The number of amides is 1. The van der Waals surface area contributed by atoms with Gasteiger partial charge in [-0.2, -0.15) is 5.10 Å². The molecule has 0 saturated heterocycles. The minimum atomic E-state index is -0.247. The Labute approximate surface area is 147 Å². The van der Waals surface area contributed by atoms with E-state index >= 15 is 0 Å². The Hall–Kier alpha value is -3.49. The number of hydrogen-bond acceptors (Lipinski definition) is 5. The van der Waals surface area contributed by atoms with Gasteiger partial charge in [0.15, 0.2) is 5.65 Å². The number of aryl methyl sites for hydroxylation is 2. The molecule has 0 spiro atoms. The lowest BCUT2D eigenvalue weighted by Gasteiger charge is -2.04. The fourth-order valence-electron chi connectivity index (χ4n) is 2.78. The molecule has 9 heteroatoms. The number of fused-ring (bicyclic) bond motifs is 2. The predicted molar refractivity (Wildman–Crippen MR) is 94.5 cm³/mol. The largest absolute Gasteiger partial charge is 0.350 e. The van der Waals surface area contributed by atoms with Crippen LogP contribution in [0.3, 0.4) is 0 Å². The fraction of sp³-hybridized carbons (Fsp3) is 0.235. The van der Waals surface area contributed by atoms with Crippen molar-refractivity contribution in [3.8, 4) is 0 Å². The molecule has 0 aliphatic rings. The Morgan fingerprint density at radius 3 is 3.04 bits per heavy atom. The van der Waals surface area contributed by atoms with Crippen LogP contribution < -0.4 is 10.9 Å². The number of imidazole rings is 1. The molecule has 9 nitrogen and oxygen atoms in total. The third kappa shape index (κ3) is 3.06. The summed E-state index contributed by atoms with van der Waals surface area (Å²) in [6, 6.07) is 5.74. The van der Waals surface area contributed by atoms with Crippen LogP contribution in [0.4, 0.5) is 0 Å². The first-order valence-corrected chi connectivity index (χ1v) is 8.20. The van der Waals surface area contributed by atoms with Crippen LogP contribution in [0.2, 0.25) is 0 Å². The van der Waals surface area contributed by atoms with E-state index < -0.39 is 0 Å². The van der Waals surface area contributed by atoms with Crippen molar-refractivity contribution in [1.29, 1.82) is 0 Å². The molecule has 132 valence electrons. The molecule has 0 unspecified atom stereocenters. The second-order valence-electron chi connectivity index (χ2n) is 5.99. The van der Waals surface area contributed by atoms with Crippen molar-refractivity contribution in [2.75, 3.05) is 0 Å². The average Bonchev–Trinajstić information content (AvgIpc) is 3.22. The molecule has 4 aromatic rings. The van der Waals surface area contributed by atoms with E-state index in [9.17, 15) is 9.59 Å². The highest BCUT2D eigenvalue weighted by molar-refractivity contribution is 5.76. The Balaban J connectivity index is 1.38.